The van der Waals surface area contributed by atoms with Crippen molar-refractivity contribution in [3.05, 3.63) is 71.3 Å². The highest BCUT2D eigenvalue weighted by Gasteiger charge is 2.11. The standard InChI is InChI=1S/C17H15FN2O4/c18-15-14(16(21)22)9-13(10-20-15)7-4-8-19-17(23)24-11-12-5-2-1-3-6-12/h1-7,9-10H,8,11H2,(H,19,23)(H,21,22). The number of halogens is 1. The minimum absolute atomic E-state index is 0.167. The Bertz CT molecular complexity index is 748. The molecule has 0 aliphatic rings. The number of nitrogens with one attached hydrogen (secondary N) is 1. The molecule has 24 heavy (non-hydrogen) atoms. The molecule has 0 bridgehead atoms. The number of carbonyl (C=O) groups excluding carboxylic acids is 1. The maximum absolute atomic E-state index is 13.1. The molecule has 1 heterocycles. The number of nitrogens with zero attached hydrogens (tertiary/aromatic N) is 1. The van der Waals surface area contributed by atoms with Gasteiger partial charge in [-0.05, 0) is 17.2 Å². The molecule has 0 atom stereocenters. The van der Waals surface area contributed by atoms with Gasteiger partial charge in [0.15, 0.2) is 0 Å². The minimum atomic E-state index is -1.39. The second-order valence-corrected chi connectivity index (χ2v) is 4.76. The second-order valence-electron chi connectivity index (χ2n) is 4.76. The van der Waals surface area contributed by atoms with Crippen LogP contribution in [0.1, 0.15) is 21.5 Å². The molecule has 0 spiro atoms. The lowest BCUT2D eigenvalue weighted by Crippen LogP contribution is -2.24. The number of aromatic nitrogens is 1. The number of ether oxygens (including phenoxy) is 1. The number of pyridine rings is 1. The number of carboxylic acid groups (broad SMARTS) is 1. The van der Waals surface area contributed by atoms with Gasteiger partial charge in [-0.1, -0.05) is 42.5 Å². The lowest BCUT2D eigenvalue weighted by Gasteiger charge is -2.05. The zero-order valence-corrected chi connectivity index (χ0v) is 12.6. The van der Waals surface area contributed by atoms with Crippen LogP contribution in [0, 0.1) is 5.95 Å². The first-order valence-corrected chi connectivity index (χ1v) is 7.06. The number of hydrogen-bond acceptors (Lipinski definition) is 4. The molecule has 0 aliphatic carbocycles. The fourth-order valence-electron chi connectivity index (χ4n) is 1.82. The third-order valence-electron chi connectivity index (χ3n) is 2.98. The Morgan fingerprint density at radius 2 is 2.04 bits per heavy atom. The summed E-state index contributed by atoms with van der Waals surface area (Å²) in [7, 11) is 0. The molecule has 0 saturated heterocycles. The summed E-state index contributed by atoms with van der Waals surface area (Å²) in [4.78, 5) is 25.7. The Balaban J connectivity index is 1.79. The van der Waals surface area contributed by atoms with Crippen LogP contribution >= 0.6 is 0 Å². The van der Waals surface area contributed by atoms with E-state index < -0.39 is 23.6 Å². The molecule has 124 valence electrons. The molecule has 0 radical (unpaired) electrons. The van der Waals surface area contributed by atoms with Gasteiger partial charge < -0.3 is 15.2 Å². The molecule has 7 heteroatoms. The topological polar surface area (TPSA) is 88.5 Å². The largest absolute Gasteiger partial charge is 0.478 e. The second kappa shape index (κ2) is 8.42. The number of benzene rings is 1. The molecular formula is C17H15FN2O4. The average Bonchev–Trinajstić information content (AvgIpc) is 2.59. The Labute approximate surface area is 137 Å². The maximum Gasteiger partial charge on any atom is 0.407 e. The number of carbonyl (C=O) groups is 2. The molecule has 0 fully saturated rings. The lowest BCUT2D eigenvalue weighted by molar-refractivity contribution is 0.0690. The van der Waals surface area contributed by atoms with Crippen LogP contribution in [0.15, 0.2) is 48.7 Å². The van der Waals surface area contributed by atoms with Gasteiger partial charge in [-0.2, -0.15) is 4.39 Å². The van der Waals surface area contributed by atoms with Crippen LogP contribution in [0.4, 0.5) is 9.18 Å². The predicted molar refractivity (Wildman–Crippen MR) is 84.8 cm³/mol. The van der Waals surface area contributed by atoms with Crippen LogP contribution in [0.5, 0.6) is 0 Å². The first-order chi connectivity index (χ1) is 11.6. The molecule has 1 aromatic carbocycles. The monoisotopic (exact) mass is 330 g/mol. The van der Waals surface area contributed by atoms with Crippen molar-refractivity contribution in [2.24, 2.45) is 0 Å². The fourth-order valence-corrected chi connectivity index (χ4v) is 1.82. The van der Waals surface area contributed by atoms with Crippen LogP contribution in [0.3, 0.4) is 0 Å². The van der Waals surface area contributed by atoms with Gasteiger partial charge in [0.05, 0.1) is 0 Å². The van der Waals surface area contributed by atoms with Crippen molar-refractivity contribution in [1.82, 2.24) is 10.3 Å². The molecule has 0 aliphatic heterocycles. The van der Waals surface area contributed by atoms with Gasteiger partial charge in [-0.3, -0.25) is 0 Å². The van der Waals surface area contributed by atoms with E-state index in [1.165, 1.54) is 12.3 Å². The van der Waals surface area contributed by atoms with Crippen molar-refractivity contribution in [2.75, 3.05) is 6.54 Å². The van der Waals surface area contributed by atoms with Crippen molar-refractivity contribution in [3.63, 3.8) is 0 Å². The summed E-state index contributed by atoms with van der Waals surface area (Å²) in [6, 6.07) is 10.4. The zero-order chi connectivity index (χ0) is 17.4. The molecule has 1 aromatic heterocycles. The molecule has 0 unspecified atom stereocenters. The summed E-state index contributed by atoms with van der Waals surface area (Å²) in [6.45, 7) is 0.341. The smallest absolute Gasteiger partial charge is 0.407 e. The summed E-state index contributed by atoms with van der Waals surface area (Å²) in [5.74, 6) is -2.43. The molecule has 6 nitrogen and oxygen atoms in total. The van der Waals surface area contributed by atoms with Crippen molar-refractivity contribution >= 4 is 18.1 Å². The quantitative estimate of drug-likeness (QED) is 0.795. The van der Waals surface area contributed by atoms with E-state index in [1.807, 2.05) is 30.3 Å². The fraction of sp³-hybridized carbons (Fsp3) is 0.118. The van der Waals surface area contributed by atoms with Gasteiger partial charge in [-0.15, -0.1) is 0 Å². The number of carboxylic acids is 1. The Morgan fingerprint density at radius 1 is 1.29 bits per heavy atom. The molecule has 2 rings (SSSR count). The first kappa shape index (κ1) is 17.1. The highest BCUT2D eigenvalue weighted by atomic mass is 19.1. The number of alkyl carbamates (subject to hydrolysis) is 1. The van der Waals surface area contributed by atoms with Gasteiger partial charge in [0.2, 0.25) is 5.95 Å². The van der Waals surface area contributed by atoms with Gasteiger partial charge in [0, 0.05) is 12.7 Å². The Hall–Kier alpha value is -3.22. The van der Waals surface area contributed by atoms with E-state index in [9.17, 15) is 14.0 Å². The van der Waals surface area contributed by atoms with E-state index in [-0.39, 0.29) is 13.2 Å². The van der Waals surface area contributed by atoms with E-state index >= 15 is 0 Å². The number of aromatic carboxylic acids is 1. The third kappa shape index (κ3) is 5.20. The lowest BCUT2D eigenvalue weighted by atomic mass is 10.2. The highest BCUT2D eigenvalue weighted by molar-refractivity contribution is 5.88. The van der Waals surface area contributed by atoms with Crippen LogP contribution in [-0.2, 0) is 11.3 Å². The van der Waals surface area contributed by atoms with Crippen LogP contribution < -0.4 is 5.32 Å². The summed E-state index contributed by atoms with van der Waals surface area (Å²) in [5, 5.41) is 11.3. The third-order valence-corrected chi connectivity index (χ3v) is 2.98. The normalized spacial score (nSPS) is 10.5. The maximum atomic E-state index is 13.1. The number of amides is 1. The summed E-state index contributed by atoms with van der Waals surface area (Å²) < 4.78 is 18.2. The summed E-state index contributed by atoms with van der Waals surface area (Å²) in [5.41, 5.74) is 0.780. The number of rotatable bonds is 6. The highest BCUT2D eigenvalue weighted by Crippen LogP contribution is 2.09. The number of hydrogen-bond donors (Lipinski definition) is 2. The van der Waals surface area contributed by atoms with Crippen molar-refractivity contribution in [3.8, 4) is 0 Å². The summed E-state index contributed by atoms with van der Waals surface area (Å²) >= 11 is 0. The van der Waals surface area contributed by atoms with E-state index in [1.54, 1.807) is 6.08 Å². The molecule has 1 amide bonds. The van der Waals surface area contributed by atoms with E-state index in [0.29, 0.717) is 5.56 Å². The molecule has 0 saturated carbocycles. The predicted octanol–water partition coefficient (Wildman–Crippen LogP) is 2.86. The van der Waals surface area contributed by atoms with Gasteiger partial charge in [0.25, 0.3) is 0 Å². The Kier molecular flexibility index (Phi) is 6.01. The van der Waals surface area contributed by atoms with Gasteiger partial charge >= 0.3 is 12.1 Å². The van der Waals surface area contributed by atoms with Crippen LogP contribution in [0.25, 0.3) is 6.08 Å². The van der Waals surface area contributed by atoms with Crippen molar-refractivity contribution < 1.29 is 23.8 Å². The van der Waals surface area contributed by atoms with Crippen LogP contribution in [0.2, 0.25) is 0 Å². The van der Waals surface area contributed by atoms with E-state index in [0.717, 1.165) is 11.6 Å². The molecule has 2 aromatic rings. The van der Waals surface area contributed by atoms with Crippen LogP contribution in [-0.4, -0.2) is 28.7 Å². The van der Waals surface area contributed by atoms with Crippen molar-refractivity contribution in [2.45, 2.75) is 6.61 Å². The molecule has 2 N–H and O–H groups in total. The van der Waals surface area contributed by atoms with Crippen molar-refractivity contribution in [1.29, 1.82) is 0 Å². The van der Waals surface area contributed by atoms with Gasteiger partial charge in [0.1, 0.15) is 12.2 Å². The SMILES string of the molecule is O=C(NCC=Cc1cnc(F)c(C(=O)O)c1)OCc1ccccc1. The van der Waals surface area contributed by atoms with E-state index in [4.69, 9.17) is 9.84 Å². The molecular weight excluding hydrogens is 315 g/mol. The van der Waals surface area contributed by atoms with E-state index in [2.05, 4.69) is 10.3 Å². The Morgan fingerprint density at radius 3 is 2.75 bits per heavy atom. The average molecular weight is 330 g/mol. The minimum Gasteiger partial charge on any atom is -0.478 e. The summed E-state index contributed by atoms with van der Waals surface area (Å²) in [6.07, 6.45) is 3.72. The zero-order valence-electron chi connectivity index (χ0n) is 12.6. The van der Waals surface area contributed by atoms with Gasteiger partial charge in [-0.25, -0.2) is 14.6 Å². The first-order valence-electron chi connectivity index (χ1n) is 7.06.